The number of anilines is 1. The van der Waals surface area contributed by atoms with Gasteiger partial charge in [-0.2, -0.15) is 0 Å². The molecule has 0 spiro atoms. The maximum Gasteiger partial charge on any atom is 0.330 e. The maximum atomic E-state index is 13.5. The van der Waals surface area contributed by atoms with E-state index in [2.05, 4.69) is 25.6 Å². The molecule has 13 heteroatoms. The van der Waals surface area contributed by atoms with E-state index in [0.717, 1.165) is 25.8 Å². The molecule has 2 aliphatic rings. The van der Waals surface area contributed by atoms with Gasteiger partial charge in [0, 0.05) is 24.2 Å². The number of aromatic nitrogens is 1. The van der Waals surface area contributed by atoms with Crippen LogP contribution in [-0.2, 0) is 25.7 Å². The van der Waals surface area contributed by atoms with Crippen LogP contribution in [0.2, 0.25) is 5.02 Å². The third-order valence-corrected chi connectivity index (χ3v) is 9.01. The number of carbonyl (C=O) groups is 4. The molecule has 3 aromatic rings. The van der Waals surface area contributed by atoms with Crippen molar-refractivity contribution in [3.63, 3.8) is 0 Å². The lowest BCUT2D eigenvalue weighted by Crippen LogP contribution is -2.57. The van der Waals surface area contributed by atoms with Crippen molar-refractivity contribution in [3.8, 4) is 0 Å². The Morgan fingerprint density at radius 3 is 2.74 bits per heavy atom. The van der Waals surface area contributed by atoms with Crippen LogP contribution in [0.5, 0.6) is 0 Å². The van der Waals surface area contributed by atoms with Gasteiger partial charge in [-0.05, 0) is 75.3 Å². The molecule has 1 saturated heterocycles. The number of fused-ring (bicyclic) bond motifs is 3. The summed E-state index contributed by atoms with van der Waals surface area (Å²) >= 11 is 6.40. The smallest absolute Gasteiger partial charge is 0.330 e. The molecular weight excluding hydrogens is 614 g/mol. The van der Waals surface area contributed by atoms with Gasteiger partial charge in [0.1, 0.15) is 23.9 Å². The number of ether oxygens (including phenoxy) is 1. The van der Waals surface area contributed by atoms with E-state index in [1.54, 1.807) is 30.3 Å². The molecule has 1 aliphatic carbocycles. The number of esters is 1. The number of nitrogens with zero attached hydrogens (tertiary/aromatic N) is 2. The molecule has 1 saturated carbocycles. The number of hydrogen-bond acceptors (Lipinski definition) is 8. The second-order valence-electron chi connectivity index (χ2n) is 11.9. The summed E-state index contributed by atoms with van der Waals surface area (Å²) in [4.78, 5) is 66.7. The molecule has 46 heavy (non-hydrogen) atoms. The first-order chi connectivity index (χ1) is 22.1. The molecule has 1 aromatic carbocycles. The number of piperidine rings is 1. The molecule has 2 bridgehead atoms. The molecule has 3 N–H and O–H groups in total. The number of halogens is 1. The molecule has 0 radical (unpaired) electrons. The number of amides is 3. The number of para-hydroxylation sites is 1. The number of furan rings is 1. The molecule has 5 rings (SSSR count). The average Bonchev–Trinajstić information content (AvgIpc) is 3.38. The number of allylic oxidation sites excluding steroid dienone is 1. The van der Waals surface area contributed by atoms with Gasteiger partial charge in [0.15, 0.2) is 0 Å². The zero-order valence-corrected chi connectivity index (χ0v) is 26.5. The Morgan fingerprint density at radius 2 is 1.96 bits per heavy atom. The predicted octanol–water partition coefficient (Wildman–Crippen LogP) is 3.69. The van der Waals surface area contributed by atoms with Crippen LogP contribution < -0.4 is 21.5 Å². The van der Waals surface area contributed by atoms with Crippen molar-refractivity contribution >= 4 is 51.9 Å². The van der Waals surface area contributed by atoms with Crippen LogP contribution in [-0.4, -0.2) is 66.1 Å². The average molecular weight is 652 g/mol. The molecule has 12 nitrogen and oxygen atoms in total. The molecule has 2 fully saturated rings. The van der Waals surface area contributed by atoms with Crippen LogP contribution in [0.1, 0.15) is 49.1 Å². The van der Waals surface area contributed by atoms with E-state index in [9.17, 15) is 24.0 Å². The third-order valence-electron chi connectivity index (χ3n) is 8.63. The number of benzene rings is 1. The molecular formula is C33H38ClN5O7. The molecule has 4 atom stereocenters. The van der Waals surface area contributed by atoms with E-state index >= 15 is 0 Å². The van der Waals surface area contributed by atoms with Crippen molar-refractivity contribution in [1.82, 2.24) is 20.1 Å². The molecule has 1 aliphatic heterocycles. The minimum Gasteiger partial charge on any atom is -0.466 e. The van der Waals surface area contributed by atoms with Gasteiger partial charge in [-0.25, -0.2) is 4.79 Å². The largest absolute Gasteiger partial charge is 0.466 e. The quantitative estimate of drug-likeness (QED) is 0.210. The van der Waals surface area contributed by atoms with E-state index in [-0.39, 0.29) is 47.9 Å². The summed E-state index contributed by atoms with van der Waals surface area (Å²) in [6, 6.07) is 8.71. The minimum absolute atomic E-state index is 0.0590. The fraction of sp³-hybridized carbons (Fsp3) is 0.424. The van der Waals surface area contributed by atoms with E-state index in [0.29, 0.717) is 22.8 Å². The van der Waals surface area contributed by atoms with Crippen molar-refractivity contribution in [2.24, 2.45) is 11.8 Å². The summed E-state index contributed by atoms with van der Waals surface area (Å²) in [5, 5.41) is 8.98. The Morgan fingerprint density at radius 1 is 1.15 bits per heavy atom. The summed E-state index contributed by atoms with van der Waals surface area (Å²) in [5.41, 5.74) is -0.223. The van der Waals surface area contributed by atoms with E-state index in [4.69, 9.17) is 16.0 Å². The minimum atomic E-state index is -1.14. The van der Waals surface area contributed by atoms with Gasteiger partial charge in [0.25, 0.3) is 11.5 Å². The van der Waals surface area contributed by atoms with Gasteiger partial charge < -0.3 is 29.7 Å². The number of hydrogen-bond donors (Lipinski definition) is 3. The Balaban J connectivity index is 1.28. The topological polar surface area (TPSA) is 152 Å². The lowest BCUT2D eigenvalue weighted by molar-refractivity contribution is -0.134. The zero-order chi connectivity index (χ0) is 32.8. The third kappa shape index (κ3) is 7.68. The van der Waals surface area contributed by atoms with Gasteiger partial charge in [0.2, 0.25) is 17.6 Å². The van der Waals surface area contributed by atoms with Crippen molar-refractivity contribution in [3.05, 3.63) is 75.9 Å². The van der Waals surface area contributed by atoms with E-state index in [1.807, 2.05) is 7.05 Å². The van der Waals surface area contributed by atoms with Gasteiger partial charge in [-0.3, -0.25) is 24.1 Å². The van der Waals surface area contributed by atoms with Gasteiger partial charge in [-0.1, -0.05) is 36.2 Å². The van der Waals surface area contributed by atoms with Crippen molar-refractivity contribution in [2.45, 2.75) is 57.3 Å². The summed E-state index contributed by atoms with van der Waals surface area (Å²) in [7, 11) is 3.26. The molecule has 3 heterocycles. The maximum absolute atomic E-state index is 13.5. The number of nitrogens with one attached hydrogen (secondary N) is 3. The zero-order valence-electron chi connectivity index (χ0n) is 25.8. The highest BCUT2D eigenvalue weighted by Gasteiger charge is 2.37. The summed E-state index contributed by atoms with van der Waals surface area (Å²) in [5.74, 6) is -1.38. The van der Waals surface area contributed by atoms with E-state index in [1.165, 1.54) is 42.5 Å². The fourth-order valence-corrected chi connectivity index (χ4v) is 6.68. The van der Waals surface area contributed by atoms with Crippen LogP contribution in [0.15, 0.2) is 64.0 Å². The second kappa shape index (κ2) is 14.8. The van der Waals surface area contributed by atoms with Crippen LogP contribution in [0.4, 0.5) is 5.69 Å². The highest BCUT2D eigenvalue weighted by Crippen LogP contribution is 2.36. The van der Waals surface area contributed by atoms with Crippen molar-refractivity contribution < 1.29 is 28.3 Å². The Bertz CT molecular complexity index is 1700. The number of carbonyl (C=O) groups excluding carboxylic acids is 4. The first-order valence-electron chi connectivity index (χ1n) is 15.4. The number of methoxy groups -OCH3 is 1. The standard InChI is InChI=1S/C33H38ClN5O7/c1-38-18-20-9-7-10-21(17-20)30(38)37-26(40)19-39-16-8-13-24(33(39)44)36-31(42)23(12-4-6-15-27(41)45-2)35-32(43)29-28(34)22-11-3-5-14-25(22)46-29/h3,5-6,8,11,13-16,20-21,23,30H,4,7,9-10,12,17-19H2,1-2H3,(H,35,43)(H,36,42)(H,37,40)/b15-6+/t20?,21?,23-,30?/m0/s1. The first kappa shape index (κ1) is 33.0. The summed E-state index contributed by atoms with van der Waals surface area (Å²) < 4.78 is 11.5. The molecule has 244 valence electrons. The first-order valence-corrected chi connectivity index (χ1v) is 15.7. The van der Waals surface area contributed by atoms with E-state index < -0.39 is 29.4 Å². The highest BCUT2D eigenvalue weighted by atomic mass is 35.5. The second-order valence-corrected chi connectivity index (χ2v) is 12.2. The molecule has 2 aromatic heterocycles. The van der Waals surface area contributed by atoms with Crippen LogP contribution in [0, 0.1) is 11.8 Å². The normalized spacial score (nSPS) is 20.3. The highest BCUT2D eigenvalue weighted by molar-refractivity contribution is 6.38. The number of likely N-dealkylation sites (tertiary alicyclic amines) is 1. The monoisotopic (exact) mass is 651 g/mol. The Labute approximate surface area is 271 Å². The molecule has 3 unspecified atom stereocenters. The molecule has 3 amide bonds. The SMILES string of the molecule is COC(=O)/C=C/CC[C@H](NC(=O)c1oc2ccccc2c1Cl)C(=O)Nc1cccn(CC(=O)NC2C3CCCC(C3)CN2C)c1=O. The Kier molecular flexibility index (Phi) is 10.6. The lowest BCUT2D eigenvalue weighted by Gasteiger charge is -2.46. The van der Waals surface area contributed by atoms with Crippen LogP contribution in [0.25, 0.3) is 11.0 Å². The Hall–Kier alpha value is -4.42. The number of rotatable bonds is 11. The van der Waals surface area contributed by atoms with Crippen LogP contribution >= 0.6 is 11.6 Å². The van der Waals surface area contributed by atoms with Crippen LogP contribution in [0.3, 0.4) is 0 Å². The predicted molar refractivity (Wildman–Crippen MR) is 172 cm³/mol. The van der Waals surface area contributed by atoms with Gasteiger partial charge >= 0.3 is 5.97 Å². The van der Waals surface area contributed by atoms with Crippen molar-refractivity contribution in [2.75, 3.05) is 26.0 Å². The van der Waals surface area contributed by atoms with Gasteiger partial charge in [-0.15, -0.1) is 0 Å². The summed E-state index contributed by atoms with van der Waals surface area (Å²) in [6.45, 7) is 0.716. The van der Waals surface area contributed by atoms with Crippen molar-refractivity contribution in [1.29, 1.82) is 0 Å². The van der Waals surface area contributed by atoms with Gasteiger partial charge in [0.05, 0.1) is 18.3 Å². The summed E-state index contributed by atoms with van der Waals surface area (Å²) in [6.07, 6.45) is 8.95. The fourth-order valence-electron chi connectivity index (χ4n) is 6.40. The number of pyridine rings is 1. The lowest BCUT2D eigenvalue weighted by atomic mass is 9.76.